The highest BCUT2D eigenvalue weighted by molar-refractivity contribution is 5.96. The Labute approximate surface area is 183 Å². The molecule has 0 N–H and O–H groups in total. The van der Waals surface area contributed by atoms with Crippen LogP contribution in [0.1, 0.15) is 0 Å². The summed E-state index contributed by atoms with van der Waals surface area (Å²) in [6.45, 7) is 0. The number of hydrogen-bond acceptors (Lipinski definition) is 2. The fourth-order valence-corrected chi connectivity index (χ4v) is 3.99. The highest BCUT2D eigenvalue weighted by Crippen LogP contribution is 2.44. The predicted molar refractivity (Wildman–Crippen MR) is 130 cm³/mol. The van der Waals surface area contributed by atoms with E-state index in [2.05, 4.69) is 131 Å². The van der Waals surface area contributed by atoms with Gasteiger partial charge in [0.25, 0.3) is 0 Å². The SMILES string of the molecule is c1ccc(-c2cccc(N(c3ccccc3)c3ccccc3)c2-c2ccncc2)cc1. The van der Waals surface area contributed by atoms with E-state index in [1.165, 1.54) is 16.7 Å². The van der Waals surface area contributed by atoms with Gasteiger partial charge in [-0.05, 0) is 59.2 Å². The number of aromatic nitrogens is 1. The summed E-state index contributed by atoms with van der Waals surface area (Å²) in [5, 5.41) is 0. The number of rotatable bonds is 5. The lowest BCUT2D eigenvalue weighted by Crippen LogP contribution is -2.11. The van der Waals surface area contributed by atoms with Crippen molar-refractivity contribution in [1.82, 2.24) is 4.98 Å². The van der Waals surface area contributed by atoms with Crippen molar-refractivity contribution in [2.24, 2.45) is 0 Å². The average molecular weight is 399 g/mol. The van der Waals surface area contributed by atoms with Gasteiger partial charge in [-0.25, -0.2) is 0 Å². The van der Waals surface area contributed by atoms with Crippen LogP contribution in [0.5, 0.6) is 0 Å². The molecule has 2 nitrogen and oxygen atoms in total. The van der Waals surface area contributed by atoms with Gasteiger partial charge in [0.05, 0.1) is 5.69 Å². The van der Waals surface area contributed by atoms with Crippen LogP contribution < -0.4 is 4.90 Å². The minimum absolute atomic E-state index is 1.12. The number of para-hydroxylation sites is 2. The minimum Gasteiger partial charge on any atom is -0.310 e. The van der Waals surface area contributed by atoms with Gasteiger partial charge < -0.3 is 4.90 Å². The van der Waals surface area contributed by atoms with Crippen molar-refractivity contribution >= 4 is 17.1 Å². The van der Waals surface area contributed by atoms with Gasteiger partial charge in [0, 0.05) is 29.3 Å². The van der Waals surface area contributed by atoms with E-state index in [0.29, 0.717) is 0 Å². The molecular weight excluding hydrogens is 376 g/mol. The van der Waals surface area contributed by atoms with Crippen molar-refractivity contribution in [1.29, 1.82) is 0 Å². The zero-order valence-corrected chi connectivity index (χ0v) is 17.1. The number of benzene rings is 4. The van der Waals surface area contributed by atoms with Gasteiger partial charge >= 0.3 is 0 Å². The number of pyridine rings is 1. The Morgan fingerprint density at radius 2 is 1.00 bits per heavy atom. The van der Waals surface area contributed by atoms with Crippen LogP contribution in [0.2, 0.25) is 0 Å². The molecule has 0 fully saturated rings. The highest BCUT2D eigenvalue weighted by Gasteiger charge is 2.19. The smallest absolute Gasteiger partial charge is 0.0546 e. The molecule has 0 atom stereocenters. The first-order chi connectivity index (χ1) is 15.4. The largest absolute Gasteiger partial charge is 0.310 e. The van der Waals surface area contributed by atoms with E-state index in [1.807, 2.05) is 12.4 Å². The number of hydrogen-bond donors (Lipinski definition) is 0. The molecule has 1 heterocycles. The van der Waals surface area contributed by atoms with Crippen LogP contribution in [0.15, 0.2) is 134 Å². The average Bonchev–Trinajstić information content (AvgIpc) is 2.86. The van der Waals surface area contributed by atoms with Crippen LogP contribution >= 0.6 is 0 Å². The van der Waals surface area contributed by atoms with E-state index < -0.39 is 0 Å². The Balaban J connectivity index is 1.82. The van der Waals surface area contributed by atoms with E-state index in [0.717, 1.165) is 22.6 Å². The van der Waals surface area contributed by atoms with E-state index in [1.54, 1.807) is 0 Å². The Kier molecular flexibility index (Phi) is 5.27. The molecule has 148 valence electrons. The summed E-state index contributed by atoms with van der Waals surface area (Å²) >= 11 is 0. The second kappa shape index (κ2) is 8.68. The molecule has 0 aliphatic carbocycles. The van der Waals surface area contributed by atoms with Crippen LogP contribution in [-0.4, -0.2) is 4.98 Å². The normalized spacial score (nSPS) is 10.6. The Morgan fingerprint density at radius 3 is 1.58 bits per heavy atom. The summed E-state index contributed by atoms with van der Waals surface area (Å²) < 4.78 is 0. The third-order valence-electron chi connectivity index (χ3n) is 5.37. The molecule has 0 saturated carbocycles. The molecule has 4 aromatic carbocycles. The second-order valence-electron chi connectivity index (χ2n) is 7.31. The van der Waals surface area contributed by atoms with Gasteiger partial charge in [-0.15, -0.1) is 0 Å². The Hall–Kier alpha value is -4.17. The van der Waals surface area contributed by atoms with Crippen molar-refractivity contribution in [2.45, 2.75) is 0 Å². The maximum atomic E-state index is 4.25. The lowest BCUT2D eigenvalue weighted by Gasteiger charge is -2.29. The molecule has 0 aliphatic rings. The topological polar surface area (TPSA) is 16.1 Å². The Bertz CT molecular complexity index is 1210. The minimum atomic E-state index is 1.12. The predicted octanol–water partition coefficient (Wildman–Crippen LogP) is 7.89. The van der Waals surface area contributed by atoms with Crippen LogP contribution in [0.3, 0.4) is 0 Å². The third kappa shape index (κ3) is 3.84. The summed E-state index contributed by atoms with van der Waals surface area (Å²) in [4.78, 5) is 6.57. The molecule has 0 unspecified atom stereocenters. The van der Waals surface area contributed by atoms with Gasteiger partial charge in [0.15, 0.2) is 0 Å². The van der Waals surface area contributed by atoms with Gasteiger partial charge in [-0.1, -0.05) is 78.9 Å². The van der Waals surface area contributed by atoms with Crippen molar-refractivity contribution < 1.29 is 0 Å². The fourth-order valence-electron chi connectivity index (χ4n) is 3.99. The van der Waals surface area contributed by atoms with Gasteiger partial charge in [-0.3, -0.25) is 4.98 Å². The van der Waals surface area contributed by atoms with Crippen LogP contribution in [-0.2, 0) is 0 Å². The molecule has 0 aliphatic heterocycles. The van der Waals surface area contributed by atoms with E-state index in [9.17, 15) is 0 Å². The molecule has 5 rings (SSSR count). The monoisotopic (exact) mass is 398 g/mol. The number of anilines is 3. The molecule has 5 aromatic rings. The molecular formula is C29H22N2. The summed E-state index contributed by atoms with van der Waals surface area (Å²) in [6, 6.07) is 42.3. The van der Waals surface area contributed by atoms with Crippen molar-refractivity contribution in [3.8, 4) is 22.3 Å². The molecule has 0 saturated heterocycles. The van der Waals surface area contributed by atoms with Gasteiger partial charge in [-0.2, -0.15) is 0 Å². The first-order valence-electron chi connectivity index (χ1n) is 10.4. The van der Waals surface area contributed by atoms with E-state index in [4.69, 9.17) is 0 Å². The summed E-state index contributed by atoms with van der Waals surface area (Å²) in [7, 11) is 0. The first-order valence-corrected chi connectivity index (χ1v) is 10.4. The highest BCUT2D eigenvalue weighted by atomic mass is 15.1. The molecule has 1 aromatic heterocycles. The zero-order chi connectivity index (χ0) is 20.9. The summed E-state index contributed by atoms with van der Waals surface area (Å²) in [5.74, 6) is 0. The van der Waals surface area contributed by atoms with Crippen LogP contribution in [0, 0.1) is 0 Å². The van der Waals surface area contributed by atoms with E-state index >= 15 is 0 Å². The van der Waals surface area contributed by atoms with Crippen LogP contribution in [0.25, 0.3) is 22.3 Å². The van der Waals surface area contributed by atoms with Crippen molar-refractivity contribution in [2.75, 3.05) is 4.90 Å². The fraction of sp³-hybridized carbons (Fsp3) is 0. The molecule has 0 bridgehead atoms. The molecule has 0 amide bonds. The second-order valence-corrected chi connectivity index (χ2v) is 7.31. The lowest BCUT2D eigenvalue weighted by atomic mass is 9.92. The summed E-state index contributed by atoms with van der Waals surface area (Å²) in [6.07, 6.45) is 3.71. The van der Waals surface area contributed by atoms with Crippen molar-refractivity contribution in [3.63, 3.8) is 0 Å². The Morgan fingerprint density at radius 1 is 0.452 bits per heavy atom. The van der Waals surface area contributed by atoms with Gasteiger partial charge in [0.2, 0.25) is 0 Å². The van der Waals surface area contributed by atoms with Crippen LogP contribution in [0.4, 0.5) is 17.1 Å². The van der Waals surface area contributed by atoms with E-state index in [-0.39, 0.29) is 0 Å². The molecule has 31 heavy (non-hydrogen) atoms. The first kappa shape index (κ1) is 18.8. The van der Waals surface area contributed by atoms with Gasteiger partial charge in [0.1, 0.15) is 0 Å². The quantitative estimate of drug-likeness (QED) is 0.299. The third-order valence-corrected chi connectivity index (χ3v) is 5.37. The maximum Gasteiger partial charge on any atom is 0.0546 e. The standard InChI is InChI=1S/C29H22N2/c1-4-11-23(12-5-1)27-17-10-18-28(29(27)24-19-21-30-22-20-24)31(25-13-6-2-7-14-25)26-15-8-3-9-16-26/h1-22H. The molecule has 0 spiro atoms. The maximum absolute atomic E-state index is 4.25. The van der Waals surface area contributed by atoms with Crippen molar-refractivity contribution in [3.05, 3.63) is 134 Å². The lowest BCUT2D eigenvalue weighted by molar-refractivity contribution is 1.28. The zero-order valence-electron chi connectivity index (χ0n) is 17.1. The summed E-state index contributed by atoms with van der Waals surface area (Å²) in [5.41, 5.74) is 8.08. The molecule has 0 radical (unpaired) electrons. The molecule has 2 heteroatoms. The number of nitrogens with zero attached hydrogens (tertiary/aromatic N) is 2.